The number of carbonyl (C=O) groups excluding carboxylic acids is 2. The van der Waals surface area contributed by atoms with E-state index < -0.39 is 5.97 Å². The Bertz CT molecular complexity index is 890. The molecule has 0 saturated heterocycles. The highest BCUT2D eigenvalue weighted by Gasteiger charge is 2.21. The van der Waals surface area contributed by atoms with Crippen LogP contribution in [0.5, 0.6) is 11.5 Å². The summed E-state index contributed by atoms with van der Waals surface area (Å²) in [6.07, 6.45) is 3.66. The lowest BCUT2D eigenvalue weighted by Gasteiger charge is -2.28. The van der Waals surface area contributed by atoms with Crippen molar-refractivity contribution in [3.63, 3.8) is 0 Å². The van der Waals surface area contributed by atoms with Crippen molar-refractivity contribution in [2.75, 3.05) is 27.4 Å². The molecule has 1 heterocycles. The Kier molecular flexibility index (Phi) is 6.32. The van der Waals surface area contributed by atoms with E-state index in [1.807, 2.05) is 18.2 Å². The molecule has 0 fully saturated rings. The van der Waals surface area contributed by atoms with Crippen LogP contribution < -0.4 is 9.47 Å². The molecule has 146 valence electrons. The molecule has 3 rings (SSSR count). The van der Waals surface area contributed by atoms with Gasteiger partial charge in [0.1, 0.15) is 0 Å². The van der Waals surface area contributed by atoms with Crippen molar-refractivity contribution < 1.29 is 23.8 Å². The molecule has 0 aromatic heterocycles. The summed E-state index contributed by atoms with van der Waals surface area (Å²) in [6, 6.07) is 13.4. The predicted molar refractivity (Wildman–Crippen MR) is 105 cm³/mol. The van der Waals surface area contributed by atoms with Crippen molar-refractivity contribution >= 4 is 18.0 Å². The van der Waals surface area contributed by atoms with Gasteiger partial charge >= 0.3 is 5.97 Å². The van der Waals surface area contributed by atoms with Crippen molar-refractivity contribution in [3.05, 3.63) is 65.2 Å². The van der Waals surface area contributed by atoms with Gasteiger partial charge < -0.3 is 19.1 Å². The van der Waals surface area contributed by atoms with Gasteiger partial charge in [-0.3, -0.25) is 4.79 Å². The number of para-hydroxylation sites is 1. The van der Waals surface area contributed by atoms with E-state index in [2.05, 4.69) is 6.07 Å². The van der Waals surface area contributed by atoms with E-state index in [0.717, 1.165) is 12.0 Å². The summed E-state index contributed by atoms with van der Waals surface area (Å²) >= 11 is 0. The van der Waals surface area contributed by atoms with Crippen LogP contribution in [0.3, 0.4) is 0 Å². The normalized spacial score (nSPS) is 13.1. The second kappa shape index (κ2) is 9.08. The summed E-state index contributed by atoms with van der Waals surface area (Å²) in [6.45, 7) is 0.897. The maximum atomic E-state index is 12.4. The summed E-state index contributed by atoms with van der Waals surface area (Å²) in [7, 11) is 3.08. The standard InChI is InChI=1S/C22H23NO5/c1-26-19-9-5-8-17(22(19)27-2)10-11-21(25)28-15-20(24)23-13-12-16-6-3-4-7-18(16)14-23/h3-11H,12-15H2,1-2H3/b11-10+. The number of hydrogen-bond donors (Lipinski definition) is 0. The van der Waals surface area contributed by atoms with Crippen LogP contribution in [0.1, 0.15) is 16.7 Å². The molecule has 1 aliphatic heterocycles. The van der Waals surface area contributed by atoms with E-state index in [0.29, 0.717) is 30.2 Å². The average molecular weight is 381 g/mol. The van der Waals surface area contributed by atoms with Gasteiger partial charge in [0, 0.05) is 24.7 Å². The third-order valence-electron chi connectivity index (χ3n) is 4.65. The summed E-state index contributed by atoms with van der Waals surface area (Å²) in [5.74, 6) is 0.307. The summed E-state index contributed by atoms with van der Waals surface area (Å²) in [5, 5.41) is 0. The summed E-state index contributed by atoms with van der Waals surface area (Å²) < 4.78 is 15.7. The van der Waals surface area contributed by atoms with Crippen LogP contribution in [0.4, 0.5) is 0 Å². The highest BCUT2D eigenvalue weighted by molar-refractivity contribution is 5.90. The molecule has 1 aliphatic rings. The van der Waals surface area contributed by atoms with Gasteiger partial charge in [-0.25, -0.2) is 4.79 Å². The van der Waals surface area contributed by atoms with E-state index in [1.165, 1.54) is 18.7 Å². The first-order valence-corrected chi connectivity index (χ1v) is 9.02. The van der Waals surface area contributed by atoms with Crippen molar-refractivity contribution in [1.82, 2.24) is 4.90 Å². The van der Waals surface area contributed by atoms with E-state index >= 15 is 0 Å². The fourth-order valence-electron chi connectivity index (χ4n) is 3.18. The van der Waals surface area contributed by atoms with Crippen molar-refractivity contribution in [3.8, 4) is 11.5 Å². The summed E-state index contributed by atoms with van der Waals surface area (Å²) in [4.78, 5) is 26.1. The van der Waals surface area contributed by atoms with Gasteiger partial charge in [0.15, 0.2) is 18.1 Å². The maximum Gasteiger partial charge on any atom is 0.331 e. The van der Waals surface area contributed by atoms with Gasteiger partial charge in [0.25, 0.3) is 5.91 Å². The highest BCUT2D eigenvalue weighted by atomic mass is 16.5. The number of nitrogens with zero attached hydrogens (tertiary/aromatic N) is 1. The number of ether oxygens (including phenoxy) is 3. The number of benzene rings is 2. The largest absolute Gasteiger partial charge is 0.493 e. The number of carbonyl (C=O) groups is 2. The molecule has 6 nitrogen and oxygen atoms in total. The zero-order valence-corrected chi connectivity index (χ0v) is 16.0. The van der Waals surface area contributed by atoms with Gasteiger partial charge in [-0.05, 0) is 29.7 Å². The second-order valence-electron chi connectivity index (χ2n) is 6.36. The molecule has 0 N–H and O–H groups in total. The van der Waals surface area contributed by atoms with Gasteiger partial charge in [0.2, 0.25) is 0 Å². The first-order valence-electron chi connectivity index (χ1n) is 9.02. The number of rotatable bonds is 6. The van der Waals surface area contributed by atoms with E-state index in [-0.39, 0.29) is 12.5 Å². The number of methoxy groups -OCH3 is 2. The topological polar surface area (TPSA) is 65.1 Å². The van der Waals surface area contributed by atoms with Crippen LogP contribution in [0.25, 0.3) is 6.08 Å². The minimum Gasteiger partial charge on any atom is -0.493 e. The number of hydrogen-bond acceptors (Lipinski definition) is 5. The molecular formula is C22H23NO5. The lowest BCUT2D eigenvalue weighted by molar-refractivity contribution is -0.148. The Hall–Kier alpha value is -3.28. The van der Waals surface area contributed by atoms with Gasteiger partial charge in [-0.15, -0.1) is 0 Å². The Morgan fingerprint density at radius 2 is 1.82 bits per heavy atom. The van der Waals surface area contributed by atoms with Crippen LogP contribution in [0.2, 0.25) is 0 Å². The predicted octanol–water partition coefficient (Wildman–Crippen LogP) is 2.85. The van der Waals surface area contributed by atoms with E-state index in [9.17, 15) is 9.59 Å². The average Bonchev–Trinajstić information content (AvgIpc) is 2.75. The van der Waals surface area contributed by atoms with Gasteiger partial charge in [-0.1, -0.05) is 36.4 Å². The van der Waals surface area contributed by atoms with Gasteiger partial charge in [-0.2, -0.15) is 0 Å². The zero-order chi connectivity index (χ0) is 19.9. The SMILES string of the molecule is COc1cccc(/C=C/C(=O)OCC(=O)N2CCc3ccccc3C2)c1OC. The zero-order valence-electron chi connectivity index (χ0n) is 16.0. The number of esters is 1. The maximum absolute atomic E-state index is 12.4. The quantitative estimate of drug-likeness (QED) is 0.569. The molecule has 2 aromatic rings. The van der Waals surface area contributed by atoms with Crippen molar-refractivity contribution in [1.29, 1.82) is 0 Å². The Morgan fingerprint density at radius 3 is 2.57 bits per heavy atom. The Balaban J connectivity index is 1.55. The number of amides is 1. The Morgan fingerprint density at radius 1 is 1.04 bits per heavy atom. The van der Waals surface area contributed by atoms with Crippen molar-refractivity contribution in [2.45, 2.75) is 13.0 Å². The smallest absolute Gasteiger partial charge is 0.331 e. The van der Waals surface area contributed by atoms with Crippen LogP contribution in [0, 0.1) is 0 Å². The third-order valence-corrected chi connectivity index (χ3v) is 4.65. The van der Waals surface area contributed by atoms with Crippen LogP contribution >= 0.6 is 0 Å². The molecule has 1 amide bonds. The highest BCUT2D eigenvalue weighted by Crippen LogP contribution is 2.31. The minimum absolute atomic E-state index is 0.199. The lowest BCUT2D eigenvalue weighted by Crippen LogP contribution is -2.38. The second-order valence-corrected chi connectivity index (χ2v) is 6.36. The fourth-order valence-corrected chi connectivity index (χ4v) is 3.18. The van der Waals surface area contributed by atoms with Crippen LogP contribution in [-0.4, -0.2) is 44.1 Å². The minimum atomic E-state index is -0.587. The van der Waals surface area contributed by atoms with E-state index in [1.54, 1.807) is 36.3 Å². The summed E-state index contributed by atoms with van der Waals surface area (Å²) in [5.41, 5.74) is 3.08. The van der Waals surface area contributed by atoms with Crippen molar-refractivity contribution in [2.24, 2.45) is 0 Å². The van der Waals surface area contributed by atoms with Gasteiger partial charge in [0.05, 0.1) is 14.2 Å². The molecule has 2 aromatic carbocycles. The molecular weight excluding hydrogens is 358 g/mol. The molecule has 0 atom stereocenters. The molecule has 0 spiro atoms. The molecule has 0 saturated carbocycles. The number of fused-ring (bicyclic) bond motifs is 1. The molecule has 6 heteroatoms. The molecule has 0 aliphatic carbocycles. The lowest BCUT2D eigenvalue weighted by atomic mass is 10.00. The first-order chi connectivity index (χ1) is 13.6. The van der Waals surface area contributed by atoms with E-state index in [4.69, 9.17) is 14.2 Å². The molecule has 0 radical (unpaired) electrons. The monoisotopic (exact) mass is 381 g/mol. The van der Waals surface area contributed by atoms with Crippen LogP contribution in [-0.2, 0) is 27.3 Å². The third kappa shape index (κ3) is 4.52. The fraction of sp³-hybridized carbons (Fsp3) is 0.273. The first kappa shape index (κ1) is 19.5. The molecule has 0 bridgehead atoms. The Labute approximate surface area is 164 Å². The molecule has 28 heavy (non-hydrogen) atoms. The molecule has 0 unspecified atom stereocenters. The van der Waals surface area contributed by atoms with Crippen LogP contribution in [0.15, 0.2) is 48.5 Å².